The van der Waals surface area contributed by atoms with Crippen LogP contribution in [0.3, 0.4) is 0 Å². The molecule has 0 aromatic heterocycles. The molecule has 0 bridgehead atoms. The van der Waals surface area contributed by atoms with Gasteiger partial charge in [0.05, 0.1) is 0 Å². The van der Waals surface area contributed by atoms with Crippen LogP contribution in [-0.2, 0) is 4.79 Å². The summed E-state index contributed by atoms with van der Waals surface area (Å²) >= 11 is 0. The number of hydrogen-bond acceptors (Lipinski definition) is 1. The summed E-state index contributed by atoms with van der Waals surface area (Å²) in [6, 6.07) is 0. The topological polar surface area (TPSA) is 17.1 Å². The summed E-state index contributed by atoms with van der Waals surface area (Å²) in [5.41, 5.74) is 1.49. The lowest BCUT2D eigenvalue weighted by molar-refractivity contribution is -0.104. The fraction of sp³-hybridized carbons (Fsp3) is 0.500. The molecule has 0 heterocycles. The van der Waals surface area contributed by atoms with E-state index in [1.807, 2.05) is 6.08 Å². The normalized spacial score (nSPS) is 18.4. The first-order valence-electron chi connectivity index (χ1n) is 4.21. The molecule has 0 saturated carbocycles. The standard InChI is InChI=1S/C10H14O/c11-9-5-4-8-10-6-2-1-3-7-10/h4-6,9H,1-3,7-8H2. The lowest BCUT2D eigenvalue weighted by Gasteiger charge is -2.09. The maximum absolute atomic E-state index is 9.94. The molecular weight excluding hydrogens is 136 g/mol. The van der Waals surface area contributed by atoms with Crippen molar-refractivity contribution in [1.29, 1.82) is 0 Å². The molecule has 0 atom stereocenters. The third-order valence-electron chi connectivity index (χ3n) is 1.98. The zero-order valence-corrected chi connectivity index (χ0v) is 6.75. The van der Waals surface area contributed by atoms with Crippen molar-refractivity contribution >= 4 is 6.29 Å². The Morgan fingerprint density at radius 2 is 2.36 bits per heavy atom. The summed E-state index contributed by atoms with van der Waals surface area (Å²) in [7, 11) is 0. The van der Waals surface area contributed by atoms with Gasteiger partial charge in [-0.05, 0) is 38.2 Å². The number of allylic oxidation sites excluding steroid dienone is 4. The van der Waals surface area contributed by atoms with Crippen LogP contribution in [0.1, 0.15) is 32.1 Å². The Bertz CT molecular complexity index is 177. The van der Waals surface area contributed by atoms with Crippen LogP contribution in [0, 0.1) is 0 Å². The van der Waals surface area contributed by atoms with Crippen LogP contribution in [-0.4, -0.2) is 6.29 Å². The Labute approximate surface area is 67.8 Å². The largest absolute Gasteiger partial charge is 0.299 e. The van der Waals surface area contributed by atoms with Crippen molar-refractivity contribution in [3.05, 3.63) is 23.8 Å². The Morgan fingerprint density at radius 1 is 1.45 bits per heavy atom. The highest BCUT2D eigenvalue weighted by Crippen LogP contribution is 2.19. The predicted molar refractivity (Wildman–Crippen MR) is 46.4 cm³/mol. The lowest BCUT2D eigenvalue weighted by atomic mass is 9.97. The second kappa shape index (κ2) is 4.89. The second-order valence-corrected chi connectivity index (χ2v) is 2.88. The van der Waals surface area contributed by atoms with Crippen LogP contribution < -0.4 is 0 Å². The molecule has 11 heavy (non-hydrogen) atoms. The summed E-state index contributed by atoms with van der Waals surface area (Å²) in [5, 5.41) is 0. The summed E-state index contributed by atoms with van der Waals surface area (Å²) in [4.78, 5) is 9.94. The summed E-state index contributed by atoms with van der Waals surface area (Å²) < 4.78 is 0. The van der Waals surface area contributed by atoms with E-state index in [-0.39, 0.29) is 0 Å². The van der Waals surface area contributed by atoms with Gasteiger partial charge < -0.3 is 0 Å². The van der Waals surface area contributed by atoms with Gasteiger partial charge in [0.25, 0.3) is 0 Å². The molecule has 0 aromatic carbocycles. The maximum atomic E-state index is 9.94. The number of carbonyl (C=O) groups is 1. The van der Waals surface area contributed by atoms with Crippen molar-refractivity contribution in [3.63, 3.8) is 0 Å². The molecule has 0 fully saturated rings. The summed E-state index contributed by atoms with van der Waals surface area (Å²) in [6.45, 7) is 0. The molecule has 60 valence electrons. The molecule has 1 aliphatic rings. The quantitative estimate of drug-likeness (QED) is 0.343. The first-order chi connectivity index (χ1) is 5.43. The molecule has 0 unspecified atom stereocenters. The number of aldehydes is 1. The van der Waals surface area contributed by atoms with Gasteiger partial charge in [-0.3, -0.25) is 4.79 Å². The number of rotatable bonds is 3. The van der Waals surface area contributed by atoms with Gasteiger partial charge in [0.2, 0.25) is 0 Å². The molecule has 0 spiro atoms. The fourth-order valence-electron chi connectivity index (χ4n) is 1.37. The maximum Gasteiger partial charge on any atom is 0.142 e. The molecule has 1 rings (SSSR count). The third kappa shape index (κ3) is 3.17. The molecular formula is C10H14O. The number of hydrogen-bond donors (Lipinski definition) is 0. The van der Waals surface area contributed by atoms with E-state index >= 15 is 0 Å². The minimum atomic E-state index is 0.837. The van der Waals surface area contributed by atoms with E-state index in [4.69, 9.17) is 0 Å². The van der Waals surface area contributed by atoms with E-state index in [9.17, 15) is 4.79 Å². The zero-order valence-electron chi connectivity index (χ0n) is 6.75. The Kier molecular flexibility index (Phi) is 3.67. The van der Waals surface area contributed by atoms with Gasteiger partial charge in [0.15, 0.2) is 0 Å². The molecule has 1 aliphatic carbocycles. The molecule has 0 saturated heterocycles. The van der Waals surface area contributed by atoms with Crippen LogP contribution in [0.25, 0.3) is 0 Å². The molecule has 0 radical (unpaired) electrons. The van der Waals surface area contributed by atoms with Crippen LogP contribution in [0.15, 0.2) is 23.8 Å². The van der Waals surface area contributed by atoms with E-state index in [0.29, 0.717) is 0 Å². The van der Waals surface area contributed by atoms with Crippen molar-refractivity contribution in [2.75, 3.05) is 0 Å². The second-order valence-electron chi connectivity index (χ2n) is 2.88. The SMILES string of the molecule is O=CC=CCC1=CCCCC1. The summed E-state index contributed by atoms with van der Waals surface area (Å²) in [5.74, 6) is 0. The molecule has 0 aliphatic heterocycles. The minimum Gasteiger partial charge on any atom is -0.299 e. The van der Waals surface area contributed by atoms with Gasteiger partial charge in [0, 0.05) is 0 Å². The van der Waals surface area contributed by atoms with Crippen LogP contribution in [0.2, 0.25) is 0 Å². The van der Waals surface area contributed by atoms with Crippen LogP contribution in [0.4, 0.5) is 0 Å². The van der Waals surface area contributed by atoms with Gasteiger partial charge in [-0.25, -0.2) is 0 Å². The third-order valence-corrected chi connectivity index (χ3v) is 1.98. The van der Waals surface area contributed by atoms with E-state index < -0.39 is 0 Å². The first-order valence-corrected chi connectivity index (χ1v) is 4.21. The van der Waals surface area contributed by atoms with Gasteiger partial charge in [-0.15, -0.1) is 0 Å². The monoisotopic (exact) mass is 150 g/mol. The molecule has 1 nitrogen and oxygen atoms in total. The van der Waals surface area contributed by atoms with E-state index in [1.54, 1.807) is 6.08 Å². The highest BCUT2D eigenvalue weighted by molar-refractivity contribution is 5.64. The predicted octanol–water partition coefficient (Wildman–Crippen LogP) is 2.63. The fourth-order valence-corrected chi connectivity index (χ4v) is 1.37. The van der Waals surface area contributed by atoms with Gasteiger partial charge in [-0.2, -0.15) is 0 Å². The van der Waals surface area contributed by atoms with Gasteiger partial charge in [-0.1, -0.05) is 17.7 Å². The van der Waals surface area contributed by atoms with Crippen molar-refractivity contribution in [2.24, 2.45) is 0 Å². The van der Waals surface area contributed by atoms with Gasteiger partial charge >= 0.3 is 0 Å². The Morgan fingerprint density at radius 3 is 3.00 bits per heavy atom. The van der Waals surface area contributed by atoms with E-state index in [1.165, 1.54) is 31.3 Å². The average molecular weight is 150 g/mol. The van der Waals surface area contributed by atoms with E-state index in [2.05, 4.69) is 6.08 Å². The first kappa shape index (κ1) is 8.25. The zero-order chi connectivity index (χ0) is 7.94. The highest BCUT2D eigenvalue weighted by Gasteiger charge is 2.00. The smallest absolute Gasteiger partial charge is 0.142 e. The molecule has 0 aromatic rings. The summed E-state index contributed by atoms with van der Waals surface area (Å²) in [6.07, 6.45) is 12.7. The minimum absolute atomic E-state index is 0.837. The molecule has 1 heteroatoms. The Balaban J connectivity index is 2.29. The lowest BCUT2D eigenvalue weighted by Crippen LogP contribution is -1.89. The van der Waals surface area contributed by atoms with Crippen molar-refractivity contribution in [2.45, 2.75) is 32.1 Å². The van der Waals surface area contributed by atoms with Crippen molar-refractivity contribution < 1.29 is 4.79 Å². The van der Waals surface area contributed by atoms with Crippen molar-refractivity contribution in [3.8, 4) is 0 Å². The highest BCUT2D eigenvalue weighted by atomic mass is 16.1. The van der Waals surface area contributed by atoms with Gasteiger partial charge in [0.1, 0.15) is 6.29 Å². The van der Waals surface area contributed by atoms with Crippen molar-refractivity contribution in [1.82, 2.24) is 0 Å². The van der Waals surface area contributed by atoms with E-state index in [0.717, 1.165) is 12.7 Å². The van der Waals surface area contributed by atoms with Crippen LogP contribution in [0.5, 0.6) is 0 Å². The molecule has 0 N–H and O–H groups in total. The number of carbonyl (C=O) groups excluding carboxylic acids is 1. The Hall–Kier alpha value is -0.850. The van der Waals surface area contributed by atoms with Crippen LogP contribution >= 0.6 is 0 Å². The average Bonchev–Trinajstić information content (AvgIpc) is 2.07. The molecule has 0 amide bonds.